The number of carbonyl (C=O) groups excluding carboxylic acids is 1. The average Bonchev–Trinajstić information content (AvgIpc) is 2.68. The first kappa shape index (κ1) is 21.5. The Balaban J connectivity index is 1.99. The zero-order chi connectivity index (χ0) is 19.5. The number of amides is 1. The molecule has 0 fully saturated rings. The number of allylic oxidation sites excluding steroid dienone is 2. The van der Waals surface area contributed by atoms with Crippen LogP contribution in [0.3, 0.4) is 0 Å². The number of rotatable bonds is 10. The largest absolute Gasteiger partial charge is 0.354 e. The lowest BCUT2D eigenvalue weighted by Crippen LogP contribution is -2.25. The maximum absolute atomic E-state index is 12.6. The summed E-state index contributed by atoms with van der Waals surface area (Å²) in [5.41, 5.74) is 2.89. The van der Waals surface area contributed by atoms with Gasteiger partial charge in [-0.2, -0.15) is 0 Å². The van der Waals surface area contributed by atoms with Crippen LogP contribution in [0.2, 0.25) is 0 Å². The van der Waals surface area contributed by atoms with Gasteiger partial charge in [0.15, 0.2) is 0 Å². The maximum atomic E-state index is 12.6. The molecule has 1 amide bonds. The van der Waals surface area contributed by atoms with E-state index in [9.17, 15) is 9.36 Å². The second-order valence-electron chi connectivity index (χ2n) is 6.25. The number of pyridine rings is 1. The number of nitrogens with one attached hydrogen (secondary N) is 1. The molecule has 27 heavy (non-hydrogen) atoms. The summed E-state index contributed by atoms with van der Waals surface area (Å²) in [5, 5.41) is 2.92. The lowest BCUT2D eigenvalue weighted by atomic mass is 9.90. The lowest BCUT2D eigenvalue weighted by molar-refractivity contribution is 0.0949. The van der Waals surface area contributed by atoms with E-state index in [2.05, 4.69) is 10.3 Å². The SMILES string of the molecule is CCOP(=O)(/C=C/C1=C(CCNC(=O)c2ccccn2)CCCC1)OCC. The fourth-order valence-corrected chi connectivity index (χ4v) is 4.39. The van der Waals surface area contributed by atoms with Crippen LogP contribution in [-0.2, 0) is 13.6 Å². The van der Waals surface area contributed by atoms with Crippen molar-refractivity contribution in [1.29, 1.82) is 0 Å². The number of carbonyl (C=O) groups is 1. The first-order valence-corrected chi connectivity index (χ1v) is 11.2. The van der Waals surface area contributed by atoms with Crippen molar-refractivity contribution in [2.75, 3.05) is 19.8 Å². The van der Waals surface area contributed by atoms with Crippen molar-refractivity contribution in [3.8, 4) is 0 Å². The Bertz CT molecular complexity index is 706. The van der Waals surface area contributed by atoms with Crippen molar-refractivity contribution in [1.82, 2.24) is 10.3 Å². The summed E-state index contributed by atoms with van der Waals surface area (Å²) in [7, 11) is -3.19. The molecule has 7 heteroatoms. The molecular formula is C20H29N2O4P. The molecule has 148 valence electrons. The van der Waals surface area contributed by atoms with Crippen LogP contribution in [0.5, 0.6) is 0 Å². The first-order chi connectivity index (χ1) is 13.1. The minimum absolute atomic E-state index is 0.165. The second-order valence-corrected chi connectivity index (χ2v) is 8.14. The Morgan fingerprint density at radius 2 is 1.96 bits per heavy atom. The minimum atomic E-state index is -3.19. The van der Waals surface area contributed by atoms with Gasteiger partial charge in [-0.3, -0.25) is 14.3 Å². The van der Waals surface area contributed by atoms with Crippen LogP contribution in [0.25, 0.3) is 0 Å². The van der Waals surface area contributed by atoms with Gasteiger partial charge in [0.05, 0.1) is 13.2 Å². The summed E-state index contributed by atoms with van der Waals surface area (Å²) < 4.78 is 23.2. The predicted octanol–water partition coefficient (Wildman–Crippen LogP) is 4.85. The van der Waals surface area contributed by atoms with E-state index in [-0.39, 0.29) is 5.91 Å². The molecule has 0 aliphatic heterocycles. The second kappa shape index (κ2) is 11.2. The molecule has 0 aromatic carbocycles. The van der Waals surface area contributed by atoms with E-state index in [1.807, 2.05) is 6.08 Å². The fourth-order valence-electron chi connectivity index (χ4n) is 3.06. The summed E-state index contributed by atoms with van der Waals surface area (Å²) in [6, 6.07) is 5.28. The Hall–Kier alpha value is -1.75. The maximum Gasteiger partial charge on any atom is 0.354 e. The van der Waals surface area contributed by atoms with Gasteiger partial charge in [-0.15, -0.1) is 0 Å². The molecule has 0 saturated heterocycles. The van der Waals surface area contributed by atoms with E-state index >= 15 is 0 Å². The number of aromatic nitrogens is 1. The highest BCUT2D eigenvalue weighted by molar-refractivity contribution is 7.57. The highest BCUT2D eigenvalue weighted by Crippen LogP contribution is 2.50. The van der Waals surface area contributed by atoms with Gasteiger partial charge in [0.2, 0.25) is 0 Å². The minimum Gasteiger partial charge on any atom is -0.350 e. The molecule has 1 aliphatic carbocycles. The van der Waals surface area contributed by atoms with Gasteiger partial charge in [-0.05, 0) is 63.7 Å². The Labute approximate surface area is 161 Å². The van der Waals surface area contributed by atoms with Crippen LogP contribution in [-0.4, -0.2) is 30.6 Å². The average molecular weight is 392 g/mol. The standard InChI is InChI=1S/C20H29N2O4P/c1-3-25-27(24,26-4-2)16-13-18-10-6-5-9-17(18)12-15-22-20(23)19-11-7-8-14-21-19/h7-8,11,13-14,16H,3-6,9-10,12,15H2,1-2H3,(H,22,23)/b16-13+. The van der Waals surface area contributed by atoms with Crippen molar-refractivity contribution in [2.45, 2.75) is 46.0 Å². The van der Waals surface area contributed by atoms with E-state index < -0.39 is 7.60 Å². The third-order valence-electron chi connectivity index (χ3n) is 4.32. The topological polar surface area (TPSA) is 77.5 Å². The van der Waals surface area contributed by atoms with Crippen LogP contribution >= 0.6 is 7.60 Å². The Morgan fingerprint density at radius 3 is 2.63 bits per heavy atom. The molecule has 0 spiro atoms. The molecule has 0 bridgehead atoms. The molecule has 0 saturated carbocycles. The van der Waals surface area contributed by atoms with E-state index in [4.69, 9.17) is 9.05 Å². The van der Waals surface area contributed by atoms with Gasteiger partial charge >= 0.3 is 7.60 Å². The summed E-state index contributed by atoms with van der Waals surface area (Å²) in [4.78, 5) is 16.2. The summed E-state index contributed by atoms with van der Waals surface area (Å²) in [5.74, 6) is 1.41. The zero-order valence-corrected chi connectivity index (χ0v) is 17.0. The third-order valence-corrected chi connectivity index (χ3v) is 6.07. The molecule has 1 aliphatic rings. The monoisotopic (exact) mass is 392 g/mol. The molecule has 1 aromatic heterocycles. The molecule has 1 heterocycles. The molecule has 2 rings (SSSR count). The van der Waals surface area contributed by atoms with Crippen LogP contribution in [0, 0.1) is 0 Å². The first-order valence-electron chi connectivity index (χ1n) is 9.56. The highest BCUT2D eigenvalue weighted by Gasteiger charge is 2.20. The number of nitrogens with zero attached hydrogens (tertiary/aromatic N) is 1. The zero-order valence-electron chi connectivity index (χ0n) is 16.1. The van der Waals surface area contributed by atoms with Crippen LogP contribution in [0.4, 0.5) is 0 Å². The quantitative estimate of drug-likeness (QED) is 0.576. The van der Waals surface area contributed by atoms with Gasteiger partial charge in [0, 0.05) is 18.6 Å². The van der Waals surface area contributed by atoms with Crippen molar-refractivity contribution in [3.63, 3.8) is 0 Å². The molecular weight excluding hydrogens is 363 g/mol. The fraction of sp³-hybridized carbons (Fsp3) is 0.500. The van der Waals surface area contributed by atoms with Crippen LogP contribution in [0.15, 0.2) is 47.4 Å². The van der Waals surface area contributed by atoms with Gasteiger partial charge < -0.3 is 14.4 Å². The van der Waals surface area contributed by atoms with E-state index in [0.717, 1.165) is 32.1 Å². The molecule has 0 unspecified atom stereocenters. The van der Waals surface area contributed by atoms with Crippen molar-refractivity contribution in [2.24, 2.45) is 0 Å². The van der Waals surface area contributed by atoms with Gasteiger partial charge in [-0.1, -0.05) is 17.7 Å². The van der Waals surface area contributed by atoms with Gasteiger partial charge in [0.25, 0.3) is 5.91 Å². The smallest absolute Gasteiger partial charge is 0.350 e. The predicted molar refractivity (Wildman–Crippen MR) is 107 cm³/mol. The molecule has 1 N–H and O–H groups in total. The van der Waals surface area contributed by atoms with E-state index in [1.54, 1.807) is 44.1 Å². The van der Waals surface area contributed by atoms with Crippen molar-refractivity contribution < 1.29 is 18.4 Å². The Kier molecular flexibility index (Phi) is 8.92. The van der Waals surface area contributed by atoms with E-state index in [0.29, 0.717) is 25.5 Å². The number of hydrogen-bond donors (Lipinski definition) is 1. The van der Waals surface area contributed by atoms with Gasteiger partial charge in [-0.25, -0.2) is 0 Å². The van der Waals surface area contributed by atoms with Crippen molar-refractivity contribution in [3.05, 3.63) is 53.1 Å². The normalized spacial score (nSPS) is 15.3. The third kappa shape index (κ3) is 7.06. The van der Waals surface area contributed by atoms with Crippen LogP contribution < -0.4 is 5.32 Å². The summed E-state index contributed by atoms with van der Waals surface area (Å²) in [6.07, 6.45) is 8.45. The number of hydrogen-bond acceptors (Lipinski definition) is 5. The van der Waals surface area contributed by atoms with Gasteiger partial charge in [0.1, 0.15) is 5.69 Å². The highest BCUT2D eigenvalue weighted by atomic mass is 31.2. The van der Waals surface area contributed by atoms with Crippen molar-refractivity contribution >= 4 is 13.5 Å². The molecule has 6 nitrogen and oxygen atoms in total. The van der Waals surface area contributed by atoms with E-state index in [1.165, 1.54) is 11.1 Å². The molecule has 0 atom stereocenters. The molecule has 1 aromatic rings. The summed E-state index contributed by atoms with van der Waals surface area (Å²) in [6.45, 7) is 4.83. The molecule has 0 radical (unpaired) electrons. The lowest BCUT2D eigenvalue weighted by Gasteiger charge is -2.19. The van der Waals surface area contributed by atoms with Crippen LogP contribution in [0.1, 0.15) is 56.4 Å². The Morgan fingerprint density at radius 1 is 1.22 bits per heavy atom. The summed E-state index contributed by atoms with van der Waals surface area (Å²) >= 11 is 0.